The van der Waals surface area contributed by atoms with Crippen LogP contribution in [0.1, 0.15) is 36.2 Å². The van der Waals surface area contributed by atoms with Crippen LogP contribution in [-0.4, -0.2) is 52.8 Å². The normalized spacial score (nSPS) is 29.8. The van der Waals surface area contributed by atoms with Gasteiger partial charge in [-0.2, -0.15) is 0 Å². The Labute approximate surface area is 134 Å². The lowest BCUT2D eigenvalue weighted by molar-refractivity contribution is -0.0437. The molecule has 0 bridgehead atoms. The lowest BCUT2D eigenvalue weighted by atomic mass is 9.77. The molecule has 23 heavy (non-hydrogen) atoms. The van der Waals surface area contributed by atoms with Gasteiger partial charge in [0, 0.05) is 24.1 Å². The fraction of sp³-hybridized carbons (Fsp3) is 0.529. The summed E-state index contributed by atoms with van der Waals surface area (Å²) in [7, 11) is 2.07. The molecule has 0 aromatic heterocycles. The third-order valence-electron chi connectivity index (χ3n) is 5.15. The summed E-state index contributed by atoms with van der Waals surface area (Å²) >= 11 is 0. The average Bonchev–Trinajstić information content (AvgIpc) is 3.11. The monoisotopic (exact) mass is 319 g/mol. The first-order chi connectivity index (χ1) is 11.0. The zero-order valence-electron chi connectivity index (χ0n) is 13.0. The number of likely N-dealkylation sites (tertiary alicyclic amines) is 1. The van der Waals surface area contributed by atoms with Crippen molar-refractivity contribution in [2.75, 3.05) is 20.4 Å². The SMILES string of the molecule is CN1CCC2=CC(O)CC(c3cc4c(cc3C(O)O)OCO4)C21. The molecule has 4 rings (SSSR count). The maximum absolute atomic E-state index is 10.2. The number of benzene rings is 1. The molecule has 2 aliphatic heterocycles. The van der Waals surface area contributed by atoms with Gasteiger partial charge in [-0.15, -0.1) is 0 Å². The van der Waals surface area contributed by atoms with E-state index in [0.717, 1.165) is 18.5 Å². The largest absolute Gasteiger partial charge is 0.454 e. The first-order valence-electron chi connectivity index (χ1n) is 7.93. The molecule has 6 nitrogen and oxygen atoms in total. The number of aliphatic hydroxyl groups is 3. The Balaban J connectivity index is 1.81. The molecular formula is C17H21NO5. The Hall–Kier alpha value is -1.60. The van der Waals surface area contributed by atoms with Gasteiger partial charge in [-0.3, -0.25) is 4.90 Å². The van der Waals surface area contributed by atoms with E-state index in [2.05, 4.69) is 11.9 Å². The number of likely N-dealkylation sites (N-methyl/N-ethyl adjacent to an activating group) is 1. The Morgan fingerprint density at radius 1 is 1.22 bits per heavy atom. The second kappa shape index (κ2) is 5.49. The highest BCUT2D eigenvalue weighted by atomic mass is 16.7. The molecule has 0 radical (unpaired) electrons. The third kappa shape index (κ3) is 2.42. The molecule has 1 saturated heterocycles. The van der Waals surface area contributed by atoms with Crippen molar-refractivity contribution in [2.45, 2.75) is 37.2 Å². The van der Waals surface area contributed by atoms with Gasteiger partial charge in [-0.05, 0) is 37.6 Å². The van der Waals surface area contributed by atoms with Crippen LogP contribution in [0.25, 0.3) is 0 Å². The van der Waals surface area contributed by atoms with Crippen LogP contribution in [0.3, 0.4) is 0 Å². The highest BCUT2D eigenvalue weighted by molar-refractivity contribution is 5.51. The minimum absolute atomic E-state index is 0.0104. The molecule has 6 heteroatoms. The van der Waals surface area contributed by atoms with Crippen LogP contribution >= 0.6 is 0 Å². The maximum atomic E-state index is 10.2. The summed E-state index contributed by atoms with van der Waals surface area (Å²) in [5.41, 5.74) is 2.47. The summed E-state index contributed by atoms with van der Waals surface area (Å²) in [5.74, 6) is 1.14. The molecule has 3 atom stereocenters. The van der Waals surface area contributed by atoms with Crippen LogP contribution in [0.15, 0.2) is 23.8 Å². The highest BCUT2D eigenvalue weighted by Crippen LogP contribution is 2.46. The van der Waals surface area contributed by atoms with E-state index in [1.165, 1.54) is 5.57 Å². The van der Waals surface area contributed by atoms with Crippen molar-refractivity contribution in [1.29, 1.82) is 0 Å². The molecule has 124 valence electrons. The lowest BCUT2D eigenvalue weighted by Gasteiger charge is -2.36. The van der Waals surface area contributed by atoms with Crippen molar-refractivity contribution in [3.63, 3.8) is 0 Å². The van der Waals surface area contributed by atoms with Crippen molar-refractivity contribution in [3.8, 4) is 11.5 Å². The van der Waals surface area contributed by atoms with Crippen LogP contribution in [0.5, 0.6) is 11.5 Å². The van der Waals surface area contributed by atoms with E-state index in [9.17, 15) is 15.3 Å². The topological polar surface area (TPSA) is 82.4 Å². The molecule has 3 unspecified atom stereocenters. The standard InChI is InChI=1S/C17H21NO5/c1-18-3-2-9-4-10(19)5-12(16(9)18)11-6-14-15(23-8-22-14)7-13(11)17(20)21/h4,6-7,10,12,16-17,19-21H,2-3,5,8H2,1H3. The van der Waals surface area contributed by atoms with E-state index in [0.29, 0.717) is 23.5 Å². The van der Waals surface area contributed by atoms with E-state index >= 15 is 0 Å². The molecule has 2 heterocycles. The van der Waals surface area contributed by atoms with Gasteiger partial charge in [0.05, 0.1) is 6.10 Å². The summed E-state index contributed by atoms with van der Waals surface area (Å²) in [6.45, 7) is 1.09. The second-order valence-electron chi connectivity index (χ2n) is 6.53. The number of hydrogen-bond acceptors (Lipinski definition) is 6. The summed E-state index contributed by atoms with van der Waals surface area (Å²) in [6, 6.07) is 3.65. The van der Waals surface area contributed by atoms with E-state index < -0.39 is 12.4 Å². The van der Waals surface area contributed by atoms with Crippen LogP contribution in [0, 0.1) is 0 Å². The number of nitrogens with zero attached hydrogens (tertiary/aromatic N) is 1. The van der Waals surface area contributed by atoms with E-state index in [1.54, 1.807) is 6.07 Å². The van der Waals surface area contributed by atoms with Gasteiger partial charge in [-0.25, -0.2) is 0 Å². The van der Waals surface area contributed by atoms with Gasteiger partial charge in [0.25, 0.3) is 0 Å². The summed E-state index contributed by atoms with van der Waals surface area (Å²) in [4.78, 5) is 2.26. The molecule has 3 aliphatic rings. The van der Waals surface area contributed by atoms with Crippen LogP contribution in [-0.2, 0) is 0 Å². The first kappa shape index (κ1) is 15.0. The minimum Gasteiger partial charge on any atom is -0.454 e. The lowest BCUT2D eigenvalue weighted by Crippen LogP contribution is -2.37. The number of ether oxygens (including phenoxy) is 2. The molecule has 0 spiro atoms. The molecule has 0 amide bonds. The minimum atomic E-state index is -1.59. The molecule has 1 aromatic rings. The smallest absolute Gasteiger partial charge is 0.231 e. The Morgan fingerprint density at radius 3 is 2.70 bits per heavy atom. The van der Waals surface area contributed by atoms with E-state index in [4.69, 9.17) is 9.47 Å². The van der Waals surface area contributed by atoms with Gasteiger partial charge < -0.3 is 24.8 Å². The van der Waals surface area contributed by atoms with Crippen LogP contribution in [0.2, 0.25) is 0 Å². The zero-order chi connectivity index (χ0) is 16.1. The van der Waals surface area contributed by atoms with E-state index in [1.807, 2.05) is 12.1 Å². The first-order valence-corrected chi connectivity index (χ1v) is 7.93. The Morgan fingerprint density at radius 2 is 1.96 bits per heavy atom. The van der Waals surface area contributed by atoms with Gasteiger partial charge in [-0.1, -0.05) is 11.6 Å². The number of fused-ring (bicyclic) bond motifs is 2. The van der Waals surface area contributed by atoms with Crippen LogP contribution < -0.4 is 9.47 Å². The third-order valence-corrected chi connectivity index (χ3v) is 5.15. The van der Waals surface area contributed by atoms with Crippen molar-refractivity contribution < 1.29 is 24.8 Å². The molecule has 1 fully saturated rings. The van der Waals surface area contributed by atoms with Gasteiger partial charge in [0.15, 0.2) is 17.8 Å². The Bertz CT molecular complexity index is 657. The summed E-state index contributed by atoms with van der Waals surface area (Å²) < 4.78 is 10.8. The predicted octanol–water partition coefficient (Wildman–Crippen LogP) is 0.877. The molecule has 1 aromatic carbocycles. The predicted molar refractivity (Wildman–Crippen MR) is 82.2 cm³/mol. The quantitative estimate of drug-likeness (QED) is 0.554. The van der Waals surface area contributed by atoms with Crippen LogP contribution in [0.4, 0.5) is 0 Å². The van der Waals surface area contributed by atoms with Gasteiger partial charge in [0.1, 0.15) is 0 Å². The van der Waals surface area contributed by atoms with Crippen molar-refractivity contribution >= 4 is 0 Å². The Kier molecular flexibility index (Phi) is 3.57. The van der Waals surface area contributed by atoms with E-state index in [-0.39, 0.29) is 18.8 Å². The van der Waals surface area contributed by atoms with Crippen molar-refractivity contribution in [1.82, 2.24) is 4.90 Å². The molecular weight excluding hydrogens is 298 g/mol. The highest BCUT2D eigenvalue weighted by Gasteiger charge is 2.40. The zero-order valence-corrected chi connectivity index (χ0v) is 13.0. The molecule has 0 saturated carbocycles. The summed E-state index contributed by atoms with van der Waals surface area (Å²) in [6.07, 6.45) is 1.35. The maximum Gasteiger partial charge on any atom is 0.231 e. The molecule has 1 aliphatic carbocycles. The van der Waals surface area contributed by atoms with Gasteiger partial charge in [0.2, 0.25) is 6.79 Å². The fourth-order valence-electron chi connectivity index (χ4n) is 4.14. The fourth-order valence-corrected chi connectivity index (χ4v) is 4.14. The second-order valence-corrected chi connectivity index (χ2v) is 6.53. The molecule has 3 N–H and O–H groups in total. The number of rotatable bonds is 2. The van der Waals surface area contributed by atoms with Crippen molar-refractivity contribution in [3.05, 3.63) is 34.9 Å². The summed E-state index contributed by atoms with van der Waals surface area (Å²) in [5, 5.41) is 29.8. The average molecular weight is 319 g/mol. The number of hydrogen-bond donors (Lipinski definition) is 3. The number of aliphatic hydroxyl groups excluding tert-OH is 2. The van der Waals surface area contributed by atoms with Gasteiger partial charge >= 0.3 is 0 Å². The van der Waals surface area contributed by atoms with Crippen molar-refractivity contribution in [2.24, 2.45) is 0 Å².